The maximum absolute atomic E-state index is 14.1. The predicted octanol–water partition coefficient (Wildman–Crippen LogP) is 5.66. The minimum absolute atomic E-state index is 0.0177. The van der Waals surface area contributed by atoms with Crippen molar-refractivity contribution in [3.8, 4) is 28.7 Å². The molecule has 1 aliphatic heterocycles. The van der Waals surface area contributed by atoms with E-state index in [0.29, 0.717) is 35.7 Å². The van der Waals surface area contributed by atoms with Gasteiger partial charge in [0, 0.05) is 11.8 Å². The lowest BCUT2D eigenvalue weighted by Crippen LogP contribution is -2.21. The van der Waals surface area contributed by atoms with Crippen molar-refractivity contribution in [2.45, 2.75) is 19.3 Å². The van der Waals surface area contributed by atoms with Crippen molar-refractivity contribution in [1.82, 2.24) is 20.0 Å². The van der Waals surface area contributed by atoms with Crippen molar-refractivity contribution in [1.29, 1.82) is 5.26 Å². The largest absolute Gasteiger partial charge is 0.416 e. The number of H-pyrrole nitrogens is 1. The van der Waals surface area contributed by atoms with Crippen LogP contribution in [0.2, 0.25) is 0 Å². The third-order valence-corrected chi connectivity index (χ3v) is 5.63. The first-order chi connectivity index (χ1) is 17.2. The number of hydrazone groups is 1. The standard InChI is InChI=1S/C25H15F5N6/c26-19-3-1-2-18(23(19)27)24-34-21-11-33-36(13-22(21)35-24)12-14-4-7-20(32-10-14)17-6-5-16(25(28,29)30)8-15(17)9-31/h1-8,10-11H,12-13H2,(H,34,35). The Morgan fingerprint density at radius 2 is 1.89 bits per heavy atom. The van der Waals surface area contributed by atoms with Gasteiger partial charge in [0.25, 0.3) is 0 Å². The van der Waals surface area contributed by atoms with Crippen LogP contribution in [0.4, 0.5) is 22.0 Å². The number of nitrogens with zero attached hydrogens (tertiary/aromatic N) is 5. The number of hydrogen-bond donors (Lipinski definition) is 1. The predicted molar refractivity (Wildman–Crippen MR) is 120 cm³/mol. The first-order valence-electron chi connectivity index (χ1n) is 10.6. The third kappa shape index (κ3) is 4.40. The van der Waals surface area contributed by atoms with Crippen LogP contribution in [0.25, 0.3) is 22.6 Å². The second-order valence-corrected chi connectivity index (χ2v) is 8.04. The Kier molecular flexibility index (Phi) is 5.72. The highest BCUT2D eigenvalue weighted by atomic mass is 19.4. The zero-order valence-electron chi connectivity index (χ0n) is 18.3. The molecule has 6 nitrogen and oxygen atoms in total. The lowest BCUT2D eigenvalue weighted by molar-refractivity contribution is -0.137. The van der Waals surface area contributed by atoms with Crippen LogP contribution in [-0.4, -0.2) is 26.2 Å². The number of nitriles is 1. The normalized spacial score (nSPS) is 12.9. The number of halogens is 5. The van der Waals surface area contributed by atoms with Crippen LogP contribution in [0.5, 0.6) is 0 Å². The highest BCUT2D eigenvalue weighted by Gasteiger charge is 2.31. The van der Waals surface area contributed by atoms with E-state index in [9.17, 15) is 27.2 Å². The fourth-order valence-electron chi connectivity index (χ4n) is 3.84. The van der Waals surface area contributed by atoms with E-state index in [1.807, 2.05) is 0 Å². The van der Waals surface area contributed by atoms with Gasteiger partial charge in [-0.1, -0.05) is 18.2 Å². The topological polar surface area (TPSA) is 81.0 Å². The number of nitrogens with one attached hydrogen (secondary N) is 1. The number of hydrogen-bond acceptors (Lipinski definition) is 5. The fraction of sp³-hybridized carbons (Fsp3) is 0.120. The second-order valence-electron chi connectivity index (χ2n) is 8.04. The Hall–Kier alpha value is -4.59. The molecular weight excluding hydrogens is 479 g/mol. The van der Waals surface area contributed by atoms with Crippen molar-refractivity contribution >= 4 is 6.21 Å². The SMILES string of the molecule is N#Cc1cc(C(F)(F)F)ccc1-c1ccc(CN2Cc3nc(-c4cccc(F)c4F)[nH]c3C=N2)cn1. The Morgan fingerprint density at radius 3 is 2.61 bits per heavy atom. The maximum atomic E-state index is 14.1. The zero-order valence-corrected chi connectivity index (χ0v) is 18.3. The molecule has 36 heavy (non-hydrogen) atoms. The quantitative estimate of drug-likeness (QED) is 0.372. The molecule has 1 N–H and O–H groups in total. The number of imidazole rings is 1. The Morgan fingerprint density at radius 1 is 1.06 bits per heavy atom. The summed E-state index contributed by atoms with van der Waals surface area (Å²) in [6.45, 7) is 0.649. The first kappa shape index (κ1) is 23.2. The van der Waals surface area contributed by atoms with Crippen LogP contribution in [0.15, 0.2) is 59.8 Å². The number of benzene rings is 2. The van der Waals surface area contributed by atoms with E-state index in [2.05, 4.69) is 20.1 Å². The van der Waals surface area contributed by atoms with E-state index in [1.54, 1.807) is 29.4 Å². The number of pyridine rings is 1. The molecule has 0 spiro atoms. The van der Waals surface area contributed by atoms with Crippen LogP contribution in [0.1, 0.15) is 28.1 Å². The van der Waals surface area contributed by atoms with Crippen LogP contribution < -0.4 is 0 Å². The monoisotopic (exact) mass is 494 g/mol. The number of fused-ring (bicyclic) bond motifs is 1. The molecule has 180 valence electrons. The van der Waals surface area contributed by atoms with Crippen molar-refractivity contribution in [3.05, 3.63) is 94.4 Å². The summed E-state index contributed by atoms with van der Waals surface area (Å²) < 4.78 is 66.6. The van der Waals surface area contributed by atoms with Gasteiger partial charge in [0.05, 0.1) is 59.1 Å². The van der Waals surface area contributed by atoms with Crippen molar-refractivity contribution < 1.29 is 22.0 Å². The van der Waals surface area contributed by atoms with E-state index in [4.69, 9.17) is 0 Å². The third-order valence-electron chi connectivity index (χ3n) is 5.63. The number of aromatic nitrogens is 3. The summed E-state index contributed by atoms with van der Waals surface area (Å²) in [5.74, 6) is -1.76. The summed E-state index contributed by atoms with van der Waals surface area (Å²) in [6.07, 6.45) is -1.45. The molecule has 4 aromatic rings. The summed E-state index contributed by atoms with van der Waals surface area (Å²) in [6, 6.07) is 12.0. The summed E-state index contributed by atoms with van der Waals surface area (Å²) >= 11 is 0. The molecule has 0 atom stereocenters. The van der Waals surface area contributed by atoms with Crippen LogP contribution in [0, 0.1) is 23.0 Å². The summed E-state index contributed by atoms with van der Waals surface area (Å²) in [4.78, 5) is 11.7. The molecular formula is C25H15F5N6. The van der Waals surface area contributed by atoms with Crippen LogP contribution in [-0.2, 0) is 19.3 Å². The molecule has 0 saturated heterocycles. The van der Waals surface area contributed by atoms with Gasteiger partial charge in [-0.25, -0.2) is 13.8 Å². The van der Waals surface area contributed by atoms with E-state index in [1.165, 1.54) is 24.4 Å². The molecule has 1 aliphatic rings. The van der Waals surface area contributed by atoms with Gasteiger partial charge < -0.3 is 4.98 Å². The van der Waals surface area contributed by atoms with Crippen LogP contribution >= 0.6 is 0 Å². The molecule has 0 fully saturated rings. The van der Waals surface area contributed by atoms with Gasteiger partial charge in [-0.3, -0.25) is 9.99 Å². The van der Waals surface area contributed by atoms with Gasteiger partial charge in [0.2, 0.25) is 0 Å². The fourth-order valence-corrected chi connectivity index (χ4v) is 3.84. The number of aromatic amines is 1. The average molecular weight is 494 g/mol. The Balaban J connectivity index is 1.31. The lowest BCUT2D eigenvalue weighted by Gasteiger charge is -2.21. The van der Waals surface area contributed by atoms with Gasteiger partial charge in [0.15, 0.2) is 11.6 Å². The number of alkyl halides is 3. The molecule has 2 aromatic heterocycles. The summed E-state index contributed by atoms with van der Waals surface area (Å²) in [5.41, 5.74) is 1.61. The lowest BCUT2D eigenvalue weighted by atomic mass is 10.0. The summed E-state index contributed by atoms with van der Waals surface area (Å²) in [5, 5.41) is 15.4. The van der Waals surface area contributed by atoms with Gasteiger partial charge >= 0.3 is 6.18 Å². The maximum Gasteiger partial charge on any atom is 0.416 e. The van der Waals surface area contributed by atoms with Gasteiger partial charge in [-0.2, -0.15) is 23.5 Å². The molecule has 0 amide bonds. The van der Waals surface area contributed by atoms with E-state index in [0.717, 1.165) is 23.8 Å². The molecule has 0 unspecified atom stereocenters. The van der Waals surface area contributed by atoms with Gasteiger partial charge in [0.1, 0.15) is 5.82 Å². The van der Waals surface area contributed by atoms with Crippen molar-refractivity contribution in [2.24, 2.45) is 5.10 Å². The first-order valence-corrected chi connectivity index (χ1v) is 10.6. The number of rotatable bonds is 4. The molecule has 2 aromatic carbocycles. The molecule has 11 heteroatoms. The molecule has 0 radical (unpaired) electrons. The van der Waals surface area contributed by atoms with E-state index >= 15 is 0 Å². The molecule has 5 rings (SSSR count). The Labute approximate surface area is 201 Å². The van der Waals surface area contributed by atoms with Gasteiger partial charge in [-0.05, 0) is 35.9 Å². The molecule has 0 bridgehead atoms. The second kappa shape index (κ2) is 8.88. The smallest absolute Gasteiger partial charge is 0.337 e. The highest BCUT2D eigenvalue weighted by Crippen LogP contribution is 2.33. The minimum Gasteiger partial charge on any atom is -0.337 e. The highest BCUT2D eigenvalue weighted by molar-refractivity contribution is 5.80. The molecule has 0 saturated carbocycles. The van der Waals surface area contributed by atoms with Crippen LogP contribution in [0.3, 0.4) is 0 Å². The van der Waals surface area contributed by atoms with E-state index < -0.39 is 23.4 Å². The zero-order chi connectivity index (χ0) is 25.4. The Bertz CT molecular complexity index is 1520. The minimum atomic E-state index is -4.54. The van der Waals surface area contributed by atoms with E-state index in [-0.39, 0.29) is 17.0 Å². The summed E-state index contributed by atoms with van der Waals surface area (Å²) in [7, 11) is 0. The van der Waals surface area contributed by atoms with Crippen molar-refractivity contribution in [3.63, 3.8) is 0 Å². The molecule has 0 aliphatic carbocycles. The average Bonchev–Trinajstić information content (AvgIpc) is 3.28. The van der Waals surface area contributed by atoms with Gasteiger partial charge in [-0.15, -0.1) is 0 Å². The van der Waals surface area contributed by atoms with Crippen molar-refractivity contribution in [2.75, 3.05) is 0 Å². The molecule has 3 heterocycles.